The van der Waals surface area contributed by atoms with Crippen molar-refractivity contribution in [1.29, 1.82) is 0 Å². The van der Waals surface area contributed by atoms with Gasteiger partial charge in [0.2, 0.25) is 11.8 Å². The van der Waals surface area contributed by atoms with Crippen molar-refractivity contribution in [3.63, 3.8) is 0 Å². The molecule has 2 heterocycles. The molecule has 0 fully saturated rings. The van der Waals surface area contributed by atoms with Crippen LogP contribution in [0.1, 0.15) is 32.3 Å². The van der Waals surface area contributed by atoms with Gasteiger partial charge in [-0.3, -0.25) is 9.59 Å². The molecule has 2 amide bonds. The maximum atomic E-state index is 12.9. The second-order valence-electron chi connectivity index (χ2n) is 8.04. The van der Waals surface area contributed by atoms with Crippen LogP contribution in [0.2, 0.25) is 0 Å². The molecule has 4 rings (SSSR count). The fourth-order valence-electron chi connectivity index (χ4n) is 4.03. The lowest BCUT2D eigenvalue weighted by Crippen LogP contribution is -2.35. The quantitative estimate of drug-likeness (QED) is 0.566. The van der Waals surface area contributed by atoms with Crippen molar-refractivity contribution >= 4 is 33.0 Å². The molecular weight excluding hydrogens is 442 g/mol. The minimum absolute atomic E-state index is 0.0103. The van der Waals surface area contributed by atoms with Crippen molar-refractivity contribution < 1.29 is 22.5 Å². The predicted octanol–water partition coefficient (Wildman–Crippen LogP) is 3.83. The van der Waals surface area contributed by atoms with Gasteiger partial charge in [0.25, 0.3) is 0 Å². The van der Waals surface area contributed by atoms with E-state index in [0.717, 1.165) is 16.8 Å². The largest absolute Gasteiger partial charge is 0.356 e. The molecule has 1 aliphatic heterocycles. The van der Waals surface area contributed by atoms with Crippen LogP contribution in [0.4, 0.5) is 11.4 Å². The standard InChI is InChI=1S/C24H25N3O5S/c1-3-24(29)27-16(2)13-18-15-20(7-8-21(18)27)33(30,31)12-10-23(28)26-19-6-4-5-17(14-19)22-9-11-25-32-22/h4-9,11,14-16H,3,10,12-13H2,1-2H3,(H,26,28)/t16-/m0/s1. The van der Waals surface area contributed by atoms with Gasteiger partial charge < -0.3 is 14.7 Å². The van der Waals surface area contributed by atoms with E-state index in [1.165, 1.54) is 12.3 Å². The summed E-state index contributed by atoms with van der Waals surface area (Å²) in [5.41, 5.74) is 2.89. The van der Waals surface area contributed by atoms with Crippen molar-refractivity contribution in [2.24, 2.45) is 0 Å². The van der Waals surface area contributed by atoms with Gasteiger partial charge in [0.05, 0.1) is 16.8 Å². The second kappa shape index (κ2) is 9.19. The number of nitrogens with zero attached hydrogens (tertiary/aromatic N) is 2. The fourth-order valence-corrected chi connectivity index (χ4v) is 5.32. The first kappa shape index (κ1) is 22.7. The highest BCUT2D eigenvalue weighted by Crippen LogP contribution is 2.34. The molecular formula is C24H25N3O5S. The van der Waals surface area contributed by atoms with E-state index in [0.29, 0.717) is 24.3 Å². The highest BCUT2D eigenvalue weighted by molar-refractivity contribution is 7.91. The summed E-state index contributed by atoms with van der Waals surface area (Å²) >= 11 is 0. The maximum absolute atomic E-state index is 12.9. The Morgan fingerprint density at radius 3 is 2.73 bits per heavy atom. The topological polar surface area (TPSA) is 110 Å². The van der Waals surface area contributed by atoms with Gasteiger partial charge in [-0.15, -0.1) is 0 Å². The van der Waals surface area contributed by atoms with Crippen molar-refractivity contribution in [1.82, 2.24) is 5.16 Å². The summed E-state index contributed by atoms with van der Waals surface area (Å²) in [6.45, 7) is 3.75. The lowest BCUT2D eigenvalue weighted by Gasteiger charge is -2.22. The number of carbonyl (C=O) groups excluding carboxylic acids is 2. The number of hydrogen-bond donors (Lipinski definition) is 1. The van der Waals surface area contributed by atoms with Gasteiger partial charge in [0.1, 0.15) is 0 Å². The van der Waals surface area contributed by atoms with Crippen LogP contribution in [0.3, 0.4) is 0 Å². The summed E-state index contributed by atoms with van der Waals surface area (Å²) in [5.74, 6) is -0.130. The molecule has 33 heavy (non-hydrogen) atoms. The Morgan fingerprint density at radius 1 is 1.18 bits per heavy atom. The maximum Gasteiger partial charge on any atom is 0.226 e. The van der Waals surface area contributed by atoms with E-state index in [2.05, 4.69) is 10.5 Å². The number of carbonyl (C=O) groups is 2. The molecule has 1 aromatic heterocycles. The lowest BCUT2D eigenvalue weighted by atomic mass is 10.1. The van der Waals surface area contributed by atoms with Gasteiger partial charge in [-0.05, 0) is 49.2 Å². The monoisotopic (exact) mass is 467 g/mol. The molecule has 0 unspecified atom stereocenters. The fraction of sp³-hybridized carbons (Fsp3) is 0.292. The van der Waals surface area contributed by atoms with Crippen molar-refractivity contribution in [3.05, 3.63) is 60.3 Å². The Bertz CT molecular complexity index is 1290. The molecule has 0 bridgehead atoms. The Hall–Kier alpha value is -3.46. The van der Waals surface area contributed by atoms with E-state index in [9.17, 15) is 18.0 Å². The number of rotatable bonds is 7. The van der Waals surface area contributed by atoms with E-state index in [1.54, 1.807) is 48.2 Å². The third-order valence-electron chi connectivity index (χ3n) is 5.66. The van der Waals surface area contributed by atoms with Crippen LogP contribution in [0, 0.1) is 0 Å². The molecule has 1 aliphatic rings. The first-order valence-corrected chi connectivity index (χ1v) is 12.4. The zero-order valence-corrected chi connectivity index (χ0v) is 19.3. The van der Waals surface area contributed by atoms with Gasteiger partial charge in [-0.1, -0.05) is 24.2 Å². The molecule has 3 aromatic rings. The third-order valence-corrected chi connectivity index (χ3v) is 7.38. The molecule has 0 saturated carbocycles. The van der Waals surface area contributed by atoms with Crippen LogP contribution in [0.5, 0.6) is 0 Å². The number of aromatic nitrogens is 1. The van der Waals surface area contributed by atoms with Crippen LogP contribution >= 0.6 is 0 Å². The van der Waals surface area contributed by atoms with Crippen molar-refractivity contribution in [2.75, 3.05) is 16.0 Å². The van der Waals surface area contributed by atoms with Crippen molar-refractivity contribution in [2.45, 2.75) is 44.0 Å². The van der Waals surface area contributed by atoms with Gasteiger partial charge in [-0.2, -0.15) is 0 Å². The minimum Gasteiger partial charge on any atom is -0.356 e. The molecule has 1 atom stereocenters. The molecule has 8 nitrogen and oxygen atoms in total. The summed E-state index contributed by atoms with van der Waals surface area (Å²) in [7, 11) is -3.66. The van der Waals surface area contributed by atoms with Gasteiger partial charge >= 0.3 is 0 Å². The summed E-state index contributed by atoms with van der Waals surface area (Å²) in [6.07, 6.45) is 2.35. The minimum atomic E-state index is -3.66. The first-order valence-electron chi connectivity index (χ1n) is 10.8. The van der Waals surface area contributed by atoms with Gasteiger partial charge in [0, 0.05) is 41.9 Å². The summed E-state index contributed by atoms with van der Waals surface area (Å²) in [5, 5.41) is 6.40. The number of hydrogen-bond acceptors (Lipinski definition) is 6. The summed E-state index contributed by atoms with van der Waals surface area (Å²) in [4.78, 5) is 26.5. The highest BCUT2D eigenvalue weighted by Gasteiger charge is 2.31. The number of amides is 2. The number of sulfone groups is 1. The van der Waals surface area contributed by atoms with Gasteiger partial charge in [0.15, 0.2) is 15.6 Å². The number of anilines is 2. The van der Waals surface area contributed by atoms with Crippen LogP contribution in [0.25, 0.3) is 11.3 Å². The number of fused-ring (bicyclic) bond motifs is 1. The van der Waals surface area contributed by atoms with Gasteiger partial charge in [-0.25, -0.2) is 8.42 Å². The Balaban J connectivity index is 1.42. The molecule has 0 radical (unpaired) electrons. The Labute approximate surface area is 192 Å². The zero-order chi connectivity index (χ0) is 23.6. The molecule has 172 valence electrons. The molecule has 0 saturated heterocycles. The highest BCUT2D eigenvalue weighted by atomic mass is 32.2. The van der Waals surface area contributed by atoms with E-state index >= 15 is 0 Å². The molecule has 0 spiro atoms. The first-order chi connectivity index (χ1) is 15.8. The average molecular weight is 468 g/mol. The van der Waals surface area contributed by atoms with Crippen LogP contribution < -0.4 is 10.2 Å². The lowest BCUT2D eigenvalue weighted by molar-refractivity contribution is -0.118. The Kier molecular flexibility index (Phi) is 6.33. The van der Waals surface area contributed by atoms with Crippen LogP contribution in [-0.4, -0.2) is 37.2 Å². The molecule has 2 aromatic carbocycles. The molecule has 1 N–H and O–H groups in total. The third kappa shape index (κ3) is 4.83. The predicted molar refractivity (Wildman–Crippen MR) is 125 cm³/mol. The van der Waals surface area contributed by atoms with Crippen LogP contribution in [-0.2, 0) is 25.8 Å². The number of benzene rings is 2. The molecule has 0 aliphatic carbocycles. The SMILES string of the molecule is CCC(=O)N1c2ccc(S(=O)(=O)CCC(=O)Nc3cccc(-c4ccno4)c3)cc2C[C@@H]1C. The summed E-state index contributed by atoms with van der Waals surface area (Å²) in [6, 6.07) is 13.6. The Morgan fingerprint density at radius 2 is 2.00 bits per heavy atom. The van der Waals surface area contributed by atoms with E-state index in [4.69, 9.17) is 4.52 Å². The normalized spacial score (nSPS) is 15.3. The smallest absolute Gasteiger partial charge is 0.226 e. The van der Waals surface area contributed by atoms with E-state index in [-0.39, 0.29) is 29.0 Å². The van der Waals surface area contributed by atoms with E-state index < -0.39 is 15.7 Å². The second-order valence-corrected chi connectivity index (χ2v) is 10.1. The average Bonchev–Trinajstić information content (AvgIpc) is 3.44. The zero-order valence-electron chi connectivity index (χ0n) is 18.4. The summed E-state index contributed by atoms with van der Waals surface area (Å²) < 4.78 is 30.9. The van der Waals surface area contributed by atoms with E-state index in [1.807, 2.05) is 13.0 Å². The number of nitrogens with one attached hydrogen (secondary N) is 1. The van der Waals surface area contributed by atoms with Crippen molar-refractivity contribution in [3.8, 4) is 11.3 Å². The van der Waals surface area contributed by atoms with Crippen LogP contribution in [0.15, 0.2) is 64.1 Å². The molecule has 9 heteroatoms.